The zero-order chi connectivity index (χ0) is 19.4. The van der Waals surface area contributed by atoms with Crippen LogP contribution in [0.5, 0.6) is 0 Å². The Balaban J connectivity index is 1.82. The molecule has 0 saturated heterocycles. The molecule has 0 radical (unpaired) electrons. The third-order valence-corrected chi connectivity index (χ3v) is 4.22. The summed E-state index contributed by atoms with van der Waals surface area (Å²) in [5, 5.41) is 22.4. The van der Waals surface area contributed by atoms with Gasteiger partial charge in [0.2, 0.25) is 0 Å². The first-order valence-electron chi connectivity index (χ1n) is 7.75. The van der Waals surface area contributed by atoms with Crippen LogP contribution in [0, 0.1) is 6.92 Å². The van der Waals surface area contributed by atoms with E-state index in [1.54, 1.807) is 14.0 Å². The number of halogens is 1. The van der Waals surface area contributed by atoms with Gasteiger partial charge >= 0.3 is 5.97 Å². The Hall–Kier alpha value is -2.88. The van der Waals surface area contributed by atoms with Crippen LogP contribution in [0.4, 0.5) is 0 Å². The van der Waals surface area contributed by atoms with E-state index in [0.717, 1.165) is 0 Å². The van der Waals surface area contributed by atoms with Crippen molar-refractivity contribution in [1.82, 2.24) is 30.2 Å². The Morgan fingerprint density at radius 2 is 1.85 bits per heavy atom. The number of carboxylic acids is 1. The Morgan fingerprint density at radius 1 is 1.23 bits per heavy atom. The molecule has 2 heterocycles. The summed E-state index contributed by atoms with van der Waals surface area (Å²) in [5.74, 6) is -1.96. The summed E-state index contributed by atoms with van der Waals surface area (Å²) in [5.41, 5.74) is 0.892. The lowest BCUT2D eigenvalue weighted by Crippen LogP contribution is -2.35. The van der Waals surface area contributed by atoms with Gasteiger partial charge in [-0.1, -0.05) is 11.6 Å². The molecule has 3 N–H and O–H groups in total. The average Bonchev–Trinajstić information content (AvgIpc) is 3.19. The van der Waals surface area contributed by atoms with Gasteiger partial charge < -0.3 is 15.7 Å². The van der Waals surface area contributed by atoms with E-state index in [9.17, 15) is 14.4 Å². The number of carbonyl (C=O) groups excluding carboxylic acids is 2. The number of carbonyl (C=O) groups is 3. The molecule has 0 aromatic carbocycles. The van der Waals surface area contributed by atoms with Gasteiger partial charge in [0.25, 0.3) is 11.8 Å². The minimum absolute atomic E-state index is 0.0906. The van der Waals surface area contributed by atoms with E-state index in [0.29, 0.717) is 5.69 Å². The molecule has 0 aliphatic carbocycles. The molecule has 2 aromatic rings. The molecule has 2 amide bonds. The molecule has 1 unspecified atom stereocenters. The predicted octanol–water partition coefficient (Wildman–Crippen LogP) is 0.384. The molecular formula is C15H19ClN6O4. The van der Waals surface area contributed by atoms with E-state index in [-0.39, 0.29) is 29.5 Å². The fraction of sp³-hybridized carbons (Fsp3) is 0.400. The largest absolute Gasteiger partial charge is 0.480 e. The number of rotatable bonds is 7. The molecule has 10 nitrogen and oxygen atoms in total. The third-order valence-electron chi connectivity index (χ3n) is 3.77. The number of hydrogen-bond donors (Lipinski definition) is 3. The van der Waals surface area contributed by atoms with Gasteiger partial charge in [-0.15, -0.1) is 0 Å². The lowest BCUT2D eigenvalue weighted by Gasteiger charge is -2.06. The number of aliphatic carboxylic acids is 1. The van der Waals surface area contributed by atoms with E-state index in [1.165, 1.54) is 28.6 Å². The molecule has 0 aliphatic heterocycles. The van der Waals surface area contributed by atoms with Crippen molar-refractivity contribution in [3.05, 3.63) is 34.4 Å². The Morgan fingerprint density at radius 3 is 2.38 bits per heavy atom. The molecular weight excluding hydrogens is 364 g/mol. The van der Waals surface area contributed by atoms with E-state index in [1.807, 2.05) is 0 Å². The second kappa shape index (κ2) is 8.00. The van der Waals surface area contributed by atoms with E-state index < -0.39 is 23.8 Å². The van der Waals surface area contributed by atoms with Crippen LogP contribution >= 0.6 is 11.6 Å². The summed E-state index contributed by atoms with van der Waals surface area (Å²) in [6, 6.07) is 0.548. The third kappa shape index (κ3) is 4.20. The number of carboxylic acid groups (broad SMARTS) is 1. The molecule has 0 bridgehead atoms. The summed E-state index contributed by atoms with van der Waals surface area (Å²) in [7, 11) is 1.68. The predicted molar refractivity (Wildman–Crippen MR) is 92.2 cm³/mol. The minimum atomic E-state index is -1.05. The zero-order valence-electron chi connectivity index (χ0n) is 14.5. The van der Waals surface area contributed by atoms with Crippen molar-refractivity contribution in [2.24, 2.45) is 7.05 Å². The molecule has 0 aliphatic rings. The van der Waals surface area contributed by atoms with Crippen LogP contribution in [0.3, 0.4) is 0 Å². The van der Waals surface area contributed by atoms with Crippen molar-refractivity contribution in [1.29, 1.82) is 0 Å². The van der Waals surface area contributed by atoms with Crippen LogP contribution in [0.2, 0.25) is 5.02 Å². The first-order valence-corrected chi connectivity index (χ1v) is 8.13. The van der Waals surface area contributed by atoms with Crippen LogP contribution < -0.4 is 10.6 Å². The number of aryl methyl sites for hydroxylation is 1. The van der Waals surface area contributed by atoms with Gasteiger partial charge in [-0.05, 0) is 19.9 Å². The molecule has 2 aromatic heterocycles. The van der Waals surface area contributed by atoms with Gasteiger partial charge in [0, 0.05) is 26.3 Å². The van der Waals surface area contributed by atoms with Crippen LogP contribution in [0.25, 0.3) is 0 Å². The van der Waals surface area contributed by atoms with Crippen LogP contribution in [0.15, 0.2) is 12.3 Å². The quantitative estimate of drug-likeness (QED) is 0.593. The normalized spacial score (nSPS) is 11.8. The summed E-state index contributed by atoms with van der Waals surface area (Å²) < 4.78 is 2.69. The molecule has 0 fully saturated rings. The maximum Gasteiger partial charge on any atom is 0.328 e. The van der Waals surface area contributed by atoms with Crippen molar-refractivity contribution in [3.63, 3.8) is 0 Å². The van der Waals surface area contributed by atoms with Gasteiger partial charge in [0.15, 0.2) is 5.69 Å². The average molecular weight is 383 g/mol. The number of amides is 2. The smallest absolute Gasteiger partial charge is 0.328 e. The standard InChI is InChI=1S/C15H19ClN6O4/c1-8-11(16)12(20-21(8)3)14(24)18-6-5-17-13(23)10-4-7-22(19-10)9(2)15(25)26/h4,7,9H,5-6H2,1-3H3,(H,17,23)(H,18,24)(H,25,26). The Kier molecular flexibility index (Phi) is 5.98. The lowest BCUT2D eigenvalue weighted by molar-refractivity contribution is -0.140. The summed E-state index contributed by atoms with van der Waals surface area (Å²) in [4.78, 5) is 34.9. The second-order valence-electron chi connectivity index (χ2n) is 5.58. The molecule has 2 rings (SSSR count). The highest BCUT2D eigenvalue weighted by Gasteiger charge is 2.18. The van der Waals surface area contributed by atoms with Crippen molar-refractivity contribution in [2.45, 2.75) is 19.9 Å². The number of aromatic nitrogens is 4. The molecule has 140 valence electrons. The van der Waals surface area contributed by atoms with Gasteiger partial charge in [-0.3, -0.25) is 19.0 Å². The first kappa shape index (κ1) is 19.4. The fourth-order valence-corrected chi connectivity index (χ4v) is 2.29. The topological polar surface area (TPSA) is 131 Å². The second-order valence-corrected chi connectivity index (χ2v) is 5.96. The molecule has 26 heavy (non-hydrogen) atoms. The Bertz CT molecular complexity index is 843. The summed E-state index contributed by atoms with van der Waals surface area (Å²) in [6.45, 7) is 3.53. The number of hydrogen-bond acceptors (Lipinski definition) is 5. The van der Waals surface area contributed by atoms with Crippen LogP contribution in [0.1, 0.15) is 39.6 Å². The van der Waals surface area contributed by atoms with Crippen molar-refractivity contribution in [3.8, 4) is 0 Å². The number of nitrogens with one attached hydrogen (secondary N) is 2. The van der Waals surface area contributed by atoms with Crippen molar-refractivity contribution < 1.29 is 19.5 Å². The van der Waals surface area contributed by atoms with Crippen molar-refractivity contribution in [2.75, 3.05) is 13.1 Å². The summed E-state index contributed by atoms with van der Waals surface area (Å²) in [6.07, 6.45) is 1.42. The Labute approximate surface area is 154 Å². The highest BCUT2D eigenvalue weighted by atomic mass is 35.5. The molecule has 1 atom stereocenters. The SMILES string of the molecule is Cc1c(Cl)c(C(=O)NCCNC(=O)c2ccn(C(C)C(=O)O)n2)nn1C. The lowest BCUT2D eigenvalue weighted by atomic mass is 10.3. The van der Waals surface area contributed by atoms with Gasteiger partial charge in [0.1, 0.15) is 11.7 Å². The molecule has 0 saturated carbocycles. The highest BCUT2D eigenvalue weighted by Crippen LogP contribution is 2.18. The van der Waals surface area contributed by atoms with Gasteiger partial charge in [0.05, 0.1) is 10.7 Å². The summed E-state index contributed by atoms with van der Waals surface area (Å²) >= 11 is 6.04. The highest BCUT2D eigenvalue weighted by molar-refractivity contribution is 6.34. The first-order chi connectivity index (χ1) is 12.2. The number of nitrogens with zero attached hydrogens (tertiary/aromatic N) is 4. The zero-order valence-corrected chi connectivity index (χ0v) is 15.2. The van der Waals surface area contributed by atoms with Crippen molar-refractivity contribution >= 4 is 29.4 Å². The molecule has 0 spiro atoms. The van der Waals surface area contributed by atoms with Gasteiger partial charge in [-0.2, -0.15) is 10.2 Å². The maximum atomic E-state index is 12.0. The van der Waals surface area contributed by atoms with E-state index in [2.05, 4.69) is 20.8 Å². The maximum absolute atomic E-state index is 12.0. The monoisotopic (exact) mass is 382 g/mol. The van der Waals surface area contributed by atoms with Crippen LogP contribution in [-0.2, 0) is 11.8 Å². The van der Waals surface area contributed by atoms with E-state index >= 15 is 0 Å². The minimum Gasteiger partial charge on any atom is -0.480 e. The van der Waals surface area contributed by atoms with Crippen LogP contribution in [-0.4, -0.2) is 55.5 Å². The van der Waals surface area contributed by atoms with E-state index in [4.69, 9.17) is 16.7 Å². The fourth-order valence-electron chi connectivity index (χ4n) is 2.04. The van der Waals surface area contributed by atoms with Gasteiger partial charge in [-0.25, -0.2) is 4.79 Å². The molecule has 11 heteroatoms.